The molecule has 1 aromatic carbocycles. The van der Waals surface area contributed by atoms with Crippen molar-refractivity contribution in [2.75, 3.05) is 0 Å². The number of rotatable bonds is 3. The first-order chi connectivity index (χ1) is 9.36. The summed E-state index contributed by atoms with van der Waals surface area (Å²) in [6.07, 6.45) is 12.9. The molecule has 0 bridgehead atoms. The van der Waals surface area contributed by atoms with Gasteiger partial charge in [0.1, 0.15) is 0 Å². The van der Waals surface area contributed by atoms with Gasteiger partial charge >= 0.3 is 0 Å². The zero-order valence-corrected chi connectivity index (χ0v) is 12.4. The summed E-state index contributed by atoms with van der Waals surface area (Å²) in [5.41, 5.74) is 3.13. The third-order valence-electron chi connectivity index (χ3n) is 5.53. The summed E-state index contributed by atoms with van der Waals surface area (Å²) in [6.45, 7) is 2.26. The molecular formula is C19H28. The van der Waals surface area contributed by atoms with E-state index in [1.807, 2.05) is 0 Å². The van der Waals surface area contributed by atoms with Gasteiger partial charge in [0, 0.05) is 0 Å². The van der Waals surface area contributed by atoms with Crippen LogP contribution in [0.4, 0.5) is 0 Å². The SMILES string of the molecule is CCCc1ccc([C@@H]2CC[C@H]3CCCC[C@@H]3C2)cc1. The lowest BCUT2D eigenvalue weighted by Gasteiger charge is -2.39. The van der Waals surface area contributed by atoms with Crippen molar-refractivity contribution in [2.24, 2.45) is 11.8 Å². The fourth-order valence-electron chi connectivity index (χ4n) is 4.42. The van der Waals surface area contributed by atoms with Gasteiger partial charge in [-0.2, -0.15) is 0 Å². The summed E-state index contributed by atoms with van der Waals surface area (Å²) in [5.74, 6) is 2.97. The Balaban J connectivity index is 1.65. The molecule has 0 N–H and O–H groups in total. The number of fused-ring (bicyclic) bond motifs is 1. The van der Waals surface area contributed by atoms with E-state index >= 15 is 0 Å². The minimum atomic E-state index is 0.857. The minimum Gasteiger partial charge on any atom is -0.0651 e. The Bertz CT molecular complexity index is 389. The lowest BCUT2D eigenvalue weighted by molar-refractivity contribution is 0.155. The van der Waals surface area contributed by atoms with Gasteiger partial charge in [-0.15, -0.1) is 0 Å². The molecule has 19 heavy (non-hydrogen) atoms. The molecule has 104 valence electrons. The van der Waals surface area contributed by atoms with Gasteiger partial charge < -0.3 is 0 Å². The number of hydrogen-bond donors (Lipinski definition) is 0. The smallest absolute Gasteiger partial charge is 0.0159 e. The van der Waals surface area contributed by atoms with Gasteiger partial charge in [-0.1, -0.05) is 63.3 Å². The van der Waals surface area contributed by atoms with Crippen LogP contribution in [0.5, 0.6) is 0 Å². The second-order valence-electron chi connectivity index (χ2n) is 6.81. The van der Waals surface area contributed by atoms with E-state index in [1.165, 1.54) is 63.4 Å². The normalized spacial score (nSPS) is 30.9. The molecule has 0 unspecified atom stereocenters. The lowest BCUT2D eigenvalue weighted by Crippen LogP contribution is -2.26. The van der Waals surface area contributed by atoms with Gasteiger partial charge in [-0.3, -0.25) is 0 Å². The van der Waals surface area contributed by atoms with Crippen molar-refractivity contribution in [1.82, 2.24) is 0 Å². The van der Waals surface area contributed by atoms with Crippen LogP contribution in [0.2, 0.25) is 0 Å². The Morgan fingerprint density at radius 1 is 0.895 bits per heavy atom. The van der Waals surface area contributed by atoms with Crippen molar-refractivity contribution in [2.45, 2.75) is 70.6 Å². The fourth-order valence-corrected chi connectivity index (χ4v) is 4.42. The Labute approximate surface area is 118 Å². The Hall–Kier alpha value is -0.780. The second kappa shape index (κ2) is 6.11. The average Bonchev–Trinajstić information content (AvgIpc) is 2.48. The first kappa shape index (κ1) is 13.2. The molecule has 0 amide bonds. The first-order valence-corrected chi connectivity index (χ1v) is 8.45. The maximum atomic E-state index is 2.42. The topological polar surface area (TPSA) is 0 Å². The van der Waals surface area contributed by atoms with E-state index in [9.17, 15) is 0 Å². The molecule has 3 rings (SSSR count). The van der Waals surface area contributed by atoms with Gasteiger partial charge in [0.05, 0.1) is 0 Å². The van der Waals surface area contributed by atoms with E-state index in [0.29, 0.717) is 0 Å². The summed E-state index contributed by atoms with van der Waals surface area (Å²) in [7, 11) is 0. The van der Waals surface area contributed by atoms with Crippen LogP contribution in [0, 0.1) is 11.8 Å². The Morgan fingerprint density at radius 3 is 2.37 bits per heavy atom. The third kappa shape index (κ3) is 3.04. The van der Waals surface area contributed by atoms with Crippen LogP contribution in [0.25, 0.3) is 0 Å². The maximum absolute atomic E-state index is 2.42. The molecule has 0 spiro atoms. The summed E-state index contributed by atoms with van der Waals surface area (Å²) >= 11 is 0. The van der Waals surface area contributed by atoms with Crippen molar-refractivity contribution < 1.29 is 0 Å². The molecule has 3 atom stereocenters. The molecule has 0 heteroatoms. The monoisotopic (exact) mass is 256 g/mol. The highest BCUT2D eigenvalue weighted by Crippen LogP contribution is 2.45. The highest BCUT2D eigenvalue weighted by Gasteiger charge is 2.32. The van der Waals surface area contributed by atoms with Crippen LogP contribution in [-0.4, -0.2) is 0 Å². The molecule has 1 aromatic rings. The standard InChI is InChI=1S/C19H28/c1-2-5-15-8-10-17(11-9-15)19-13-12-16-6-3-4-7-18(16)14-19/h8-11,16,18-19H,2-7,12-14H2,1H3/t16-,18-,19-/m1/s1. The van der Waals surface area contributed by atoms with Crippen molar-refractivity contribution in [3.8, 4) is 0 Å². The molecule has 0 nitrogen and oxygen atoms in total. The van der Waals surface area contributed by atoms with Gasteiger partial charge in [0.15, 0.2) is 0 Å². The predicted octanol–water partition coefficient (Wildman–Crippen LogP) is 5.71. The Morgan fingerprint density at radius 2 is 1.63 bits per heavy atom. The van der Waals surface area contributed by atoms with Crippen LogP contribution in [-0.2, 0) is 6.42 Å². The molecule has 0 heterocycles. The highest BCUT2D eigenvalue weighted by atomic mass is 14.4. The third-order valence-corrected chi connectivity index (χ3v) is 5.53. The van der Waals surface area contributed by atoms with Crippen LogP contribution >= 0.6 is 0 Å². The van der Waals surface area contributed by atoms with Crippen molar-refractivity contribution in [1.29, 1.82) is 0 Å². The quantitative estimate of drug-likeness (QED) is 0.649. The fraction of sp³-hybridized carbons (Fsp3) is 0.684. The van der Waals surface area contributed by atoms with E-state index in [1.54, 1.807) is 5.56 Å². The maximum Gasteiger partial charge on any atom is -0.0159 e. The zero-order chi connectivity index (χ0) is 13.1. The van der Waals surface area contributed by atoms with Crippen LogP contribution in [0.15, 0.2) is 24.3 Å². The van der Waals surface area contributed by atoms with Gasteiger partial charge in [0.25, 0.3) is 0 Å². The van der Waals surface area contributed by atoms with Crippen LogP contribution in [0.1, 0.15) is 75.3 Å². The molecule has 2 aliphatic carbocycles. The predicted molar refractivity (Wildman–Crippen MR) is 82.5 cm³/mol. The molecular weight excluding hydrogens is 228 g/mol. The number of benzene rings is 1. The summed E-state index contributed by atoms with van der Waals surface area (Å²) in [6, 6.07) is 9.56. The van der Waals surface area contributed by atoms with E-state index in [4.69, 9.17) is 0 Å². The summed E-state index contributed by atoms with van der Waals surface area (Å²) < 4.78 is 0. The lowest BCUT2D eigenvalue weighted by atomic mass is 9.66. The van der Waals surface area contributed by atoms with Gasteiger partial charge in [-0.05, 0) is 54.6 Å². The first-order valence-electron chi connectivity index (χ1n) is 8.45. The number of hydrogen-bond acceptors (Lipinski definition) is 0. The second-order valence-corrected chi connectivity index (χ2v) is 6.81. The highest BCUT2D eigenvalue weighted by molar-refractivity contribution is 5.26. The van der Waals surface area contributed by atoms with E-state index in [0.717, 1.165) is 17.8 Å². The summed E-state index contributed by atoms with van der Waals surface area (Å²) in [4.78, 5) is 0. The van der Waals surface area contributed by atoms with Gasteiger partial charge in [0.2, 0.25) is 0 Å². The Kier molecular flexibility index (Phi) is 4.25. The number of aryl methyl sites for hydroxylation is 1. The molecule has 0 aromatic heterocycles. The van der Waals surface area contributed by atoms with Gasteiger partial charge in [-0.25, -0.2) is 0 Å². The van der Waals surface area contributed by atoms with E-state index < -0.39 is 0 Å². The van der Waals surface area contributed by atoms with Crippen molar-refractivity contribution >= 4 is 0 Å². The van der Waals surface area contributed by atoms with Crippen LogP contribution < -0.4 is 0 Å². The van der Waals surface area contributed by atoms with E-state index in [-0.39, 0.29) is 0 Å². The molecule has 0 radical (unpaired) electrons. The molecule has 0 aliphatic heterocycles. The zero-order valence-electron chi connectivity index (χ0n) is 12.4. The largest absolute Gasteiger partial charge is 0.0651 e. The molecule has 2 saturated carbocycles. The molecule has 2 aliphatic rings. The summed E-state index contributed by atoms with van der Waals surface area (Å²) in [5, 5.41) is 0. The minimum absolute atomic E-state index is 0.857. The average molecular weight is 256 g/mol. The molecule has 2 fully saturated rings. The van der Waals surface area contributed by atoms with Crippen molar-refractivity contribution in [3.05, 3.63) is 35.4 Å². The van der Waals surface area contributed by atoms with Crippen molar-refractivity contribution in [3.63, 3.8) is 0 Å². The van der Waals surface area contributed by atoms with Crippen LogP contribution in [0.3, 0.4) is 0 Å². The molecule has 0 saturated heterocycles. The van der Waals surface area contributed by atoms with E-state index in [2.05, 4.69) is 31.2 Å².